The zero-order valence-electron chi connectivity index (χ0n) is 21.1. The van der Waals surface area contributed by atoms with E-state index in [1.54, 1.807) is 18.3 Å². The molecule has 0 aromatic heterocycles. The molecule has 0 aliphatic rings. The predicted octanol–water partition coefficient (Wildman–Crippen LogP) is 7.54. The maximum absolute atomic E-state index is 12.3. The molecular formula is C29H42N2O3. The molecule has 0 unspecified atom stereocenters. The van der Waals surface area contributed by atoms with Gasteiger partial charge in [0.25, 0.3) is 5.91 Å². The SMILES string of the molecule is CCCCCCCCCCOc1ccc(C(=O)N/N=C/c2ccc(OCCCCC)cc2)cc1. The van der Waals surface area contributed by atoms with Crippen LogP contribution in [0.5, 0.6) is 11.5 Å². The maximum atomic E-state index is 12.3. The van der Waals surface area contributed by atoms with E-state index in [0.717, 1.165) is 36.5 Å². The van der Waals surface area contributed by atoms with E-state index in [1.807, 2.05) is 36.4 Å². The quantitative estimate of drug-likeness (QED) is 0.140. The highest BCUT2D eigenvalue weighted by Gasteiger charge is 2.04. The monoisotopic (exact) mass is 466 g/mol. The first-order valence-corrected chi connectivity index (χ1v) is 13.0. The van der Waals surface area contributed by atoms with Crippen molar-refractivity contribution in [3.05, 3.63) is 59.7 Å². The van der Waals surface area contributed by atoms with Gasteiger partial charge in [0.2, 0.25) is 0 Å². The van der Waals surface area contributed by atoms with Gasteiger partial charge >= 0.3 is 0 Å². The van der Waals surface area contributed by atoms with E-state index in [-0.39, 0.29) is 5.91 Å². The number of carbonyl (C=O) groups is 1. The Balaban J connectivity index is 1.63. The minimum Gasteiger partial charge on any atom is -0.494 e. The van der Waals surface area contributed by atoms with Crippen LogP contribution in [0.1, 0.15) is 100 Å². The number of ether oxygens (including phenoxy) is 2. The average molecular weight is 467 g/mol. The highest BCUT2D eigenvalue weighted by atomic mass is 16.5. The lowest BCUT2D eigenvalue weighted by Gasteiger charge is -2.07. The largest absolute Gasteiger partial charge is 0.494 e. The Labute approximate surface area is 205 Å². The van der Waals surface area contributed by atoms with E-state index in [9.17, 15) is 4.79 Å². The van der Waals surface area contributed by atoms with Crippen molar-refractivity contribution < 1.29 is 14.3 Å². The second-order valence-corrected chi connectivity index (χ2v) is 8.67. The highest BCUT2D eigenvalue weighted by Crippen LogP contribution is 2.14. The summed E-state index contributed by atoms with van der Waals surface area (Å²) in [4.78, 5) is 12.3. The summed E-state index contributed by atoms with van der Waals surface area (Å²) in [6.45, 7) is 5.88. The summed E-state index contributed by atoms with van der Waals surface area (Å²) in [7, 11) is 0. The molecule has 0 saturated heterocycles. The fourth-order valence-electron chi connectivity index (χ4n) is 3.55. The fraction of sp³-hybridized carbons (Fsp3) is 0.517. The van der Waals surface area contributed by atoms with Crippen LogP contribution >= 0.6 is 0 Å². The second kappa shape index (κ2) is 17.6. The van der Waals surface area contributed by atoms with Gasteiger partial charge in [0.15, 0.2) is 0 Å². The van der Waals surface area contributed by atoms with Gasteiger partial charge in [-0.15, -0.1) is 0 Å². The summed E-state index contributed by atoms with van der Waals surface area (Å²) in [6, 6.07) is 14.9. The lowest BCUT2D eigenvalue weighted by molar-refractivity contribution is 0.0955. The van der Waals surface area contributed by atoms with Gasteiger partial charge in [-0.25, -0.2) is 5.43 Å². The Kier molecular flexibility index (Phi) is 14.2. The van der Waals surface area contributed by atoms with Crippen LogP contribution < -0.4 is 14.9 Å². The van der Waals surface area contributed by atoms with Crippen molar-refractivity contribution in [3.8, 4) is 11.5 Å². The summed E-state index contributed by atoms with van der Waals surface area (Å²) in [6.07, 6.45) is 15.3. The number of amides is 1. The number of benzene rings is 2. The molecule has 2 rings (SSSR count). The van der Waals surface area contributed by atoms with Crippen LogP contribution in [-0.2, 0) is 0 Å². The number of nitrogens with zero attached hydrogens (tertiary/aromatic N) is 1. The average Bonchev–Trinajstić information content (AvgIpc) is 2.87. The van der Waals surface area contributed by atoms with Gasteiger partial charge in [0.05, 0.1) is 19.4 Å². The summed E-state index contributed by atoms with van der Waals surface area (Å²) in [5, 5.41) is 4.06. The van der Waals surface area contributed by atoms with Gasteiger partial charge in [0.1, 0.15) is 11.5 Å². The zero-order valence-corrected chi connectivity index (χ0v) is 21.1. The Morgan fingerprint density at radius 1 is 0.706 bits per heavy atom. The smallest absolute Gasteiger partial charge is 0.271 e. The topological polar surface area (TPSA) is 59.9 Å². The molecule has 1 amide bonds. The van der Waals surface area contributed by atoms with Crippen LogP contribution in [0.4, 0.5) is 0 Å². The molecular weight excluding hydrogens is 424 g/mol. The summed E-state index contributed by atoms with van der Waals surface area (Å²) in [5.41, 5.74) is 4.02. The summed E-state index contributed by atoms with van der Waals surface area (Å²) >= 11 is 0. The molecule has 0 heterocycles. The van der Waals surface area contributed by atoms with Crippen LogP contribution in [0, 0.1) is 0 Å². The first-order chi connectivity index (χ1) is 16.7. The van der Waals surface area contributed by atoms with E-state index in [1.165, 1.54) is 57.8 Å². The first-order valence-electron chi connectivity index (χ1n) is 13.0. The molecule has 34 heavy (non-hydrogen) atoms. The van der Waals surface area contributed by atoms with Crippen LogP contribution in [0.2, 0.25) is 0 Å². The number of unbranched alkanes of at least 4 members (excludes halogenated alkanes) is 9. The van der Waals surface area contributed by atoms with Crippen molar-refractivity contribution in [2.75, 3.05) is 13.2 Å². The normalized spacial score (nSPS) is 11.0. The number of hydrazone groups is 1. The molecule has 0 spiro atoms. The minimum atomic E-state index is -0.248. The molecule has 2 aromatic rings. The Morgan fingerprint density at radius 3 is 1.76 bits per heavy atom. The van der Waals surface area contributed by atoms with Crippen LogP contribution in [0.15, 0.2) is 53.6 Å². The lowest BCUT2D eigenvalue weighted by Crippen LogP contribution is -2.17. The molecule has 5 heteroatoms. The molecule has 0 aliphatic heterocycles. The predicted molar refractivity (Wildman–Crippen MR) is 141 cm³/mol. The van der Waals surface area contributed by atoms with Gasteiger partial charge in [0, 0.05) is 5.56 Å². The third-order valence-corrected chi connectivity index (χ3v) is 5.66. The van der Waals surface area contributed by atoms with Crippen molar-refractivity contribution in [2.24, 2.45) is 5.10 Å². The summed E-state index contributed by atoms with van der Waals surface area (Å²) < 4.78 is 11.5. The number of hydrogen-bond acceptors (Lipinski definition) is 4. The van der Waals surface area contributed by atoms with Crippen molar-refractivity contribution in [2.45, 2.75) is 84.5 Å². The van der Waals surface area contributed by atoms with Crippen LogP contribution in [-0.4, -0.2) is 25.3 Å². The van der Waals surface area contributed by atoms with E-state index >= 15 is 0 Å². The van der Waals surface area contributed by atoms with E-state index in [4.69, 9.17) is 9.47 Å². The second-order valence-electron chi connectivity index (χ2n) is 8.67. The van der Waals surface area contributed by atoms with E-state index in [0.29, 0.717) is 12.2 Å². The van der Waals surface area contributed by atoms with Crippen molar-refractivity contribution >= 4 is 12.1 Å². The minimum absolute atomic E-state index is 0.248. The van der Waals surface area contributed by atoms with Crippen molar-refractivity contribution in [1.29, 1.82) is 0 Å². The third-order valence-electron chi connectivity index (χ3n) is 5.66. The van der Waals surface area contributed by atoms with Gasteiger partial charge in [-0.2, -0.15) is 5.10 Å². The van der Waals surface area contributed by atoms with E-state index < -0.39 is 0 Å². The van der Waals surface area contributed by atoms with Crippen molar-refractivity contribution in [3.63, 3.8) is 0 Å². The van der Waals surface area contributed by atoms with E-state index in [2.05, 4.69) is 24.4 Å². The molecule has 1 N–H and O–H groups in total. The first kappa shape index (κ1) is 27.4. The fourth-order valence-corrected chi connectivity index (χ4v) is 3.55. The van der Waals surface area contributed by atoms with Crippen molar-refractivity contribution in [1.82, 2.24) is 5.43 Å². The number of nitrogens with one attached hydrogen (secondary N) is 1. The van der Waals surface area contributed by atoms with Crippen LogP contribution in [0.25, 0.3) is 0 Å². The van der Waals surface area contributed by atoms with Crippen LogP contribution in [0.3, 0.4) is 0 Å². The standard InChI is InChI=1S/C29H42N2O3/c1-3-5-7-8-9-10-11-13-23-34-28-20-16-26(17-21-28)29(32)31-30-24-25-14-18-27(19-15-25)33-22-12-6-4-2/h14-21,24H,3-13,22-23H2,1-2H3,(H,31,32)/b30-24+. The number of carbonyl (C=O) groups excluding carboxylic acids is 1. The Morgan fingerprint density at radius 2 is 1.18 bits per heavy atom. The molecule has 0 saturated carbocycles. The number of hydrogen-bond donors (Lipinski definition) is 1. The van der Waals surface area contributed by atoms with Gasteiger partial charge in [-0.3, -0.25) is 4.79 Å². The summed E-state index contributed by atoms with van der Waals surface area (Å²) in [5.74, 6) is 1.39. The molecule has 0 atom stereocenters. The molecule has 0 bridgehead atoms. The molecule has 186 valence electrons. The van der Waals surface area contributed by atoms with Gasteiger partial charge in [-0.1, -0.05) is 71.6 Å². The zero-order chi connectivity index (χ0) is 24.3. The molecule has 0 radical (unpaired) electrons. The van der Waals surface area contributed by atoms with Gasteiger partial charge < -0.3 is 9.47 Å². The maximum Gasteiger partial charge on any atom is 0.271 e. The Hall–Kier alpha value is -2.82. The third kappa shape index (κ3) is 11.9. The highest BCUT2D eigenvalue weighted by molar-refractivity contribution is 5.95. The molecule has 5 nitrogen and oxygen atoms in total. The molecule has 0 aliphatic carbocycles. The molecule has 0 fully saturated rings. The van der Waals surface area contributed by atoms with Gasteiger partial charge in [-0.05, 0) is 66.9 Å². The number of rotatable bonds is 18. The Bertz CT molecular complexity index is 816. The lowest BCUT2D eigenvalue weighted by atomic mass is 10.1. The molecule has 2 aromatic carbocycles.